The normalized spacial score (nSPS) is 11.8. The highest BCUT2D eigenvalue weighted by Crippen LogP contribution is 2.13. The summed E-state index contributed by atoms with van der Waals surface area (Å²) in [5, 5.41) is 0. The average molecular weight is 174 g/mol. The minimum atomic E-state index is 1.13. The predicted molar refractivity (Wildman–Crippen MR) is 59.9 cm³/mol. The van der Waals surface area contributed by atoms with Crippen LogP contribution in [0.25, 0.3) is 6.08 Å². The van der Waals surface area contributed by atoms with Crippen LogP contribution in [0.15, 0.2) is 23.8 Å². The second-order valence-corrected chi connectivity index (χ2v) is 3.69. The van der Waals surface area contributed by atoms with Crippen LogP contribution in [0.1, 0.15) is 37.0 Å². The fourth-order valence-electron chi connectivity index (χ4n) is 1.24. The summed E-state index contributed by atoms with van der Waals surface area (Å²) in [6, 6.07) is 6.61. The van der Waals surface area contributed by atoms with E-state index in [2.05, 4.69) is 52.0 Å². The average Bonchev–Trinajstić information content (AvgIpc) is 2.11. The zero-order valence-corrected chi connectivity index (χ0v) is 9.02. The first-order chi connectivity index (χ1) is 6.13. The van der Waals surface area contributed by atoms with E-state index in [1.807, 2.05) is 0 Å². The number of rotatable bonds is 2. The van der Waals surface area contributed by atoms with Crippen molar-refractivity contribution in [2.75, 3.05) is 0 Å². The van der Waals surface area contributed by atoms with E-state index in [0.717, 1.165) is 6.42 Å². The van der Waals surface area contributed by atoms with Gasteiger partial charge in [-0.25, -0.2) is 0 Å². The van der Waals surface area contributed by atoms with Crippen LogP contribution in [0.2, 0.25) is 0 Å². The van der Waals surface area contributed by atoms with Gasteiger partial charge in [0.25, 0.3) is 0 Å². The molecule has 0 heteroatoms. The molecule has 0 atom stereocenters. The highest BCUT2D eigenvalue weighted by molar-refractivity contribution is 5.54. The SMILES string of the molecule is CCC(C)=Cc1ccc(C)c(C)c1. The molecule has 0 saturated carbocycles. The molecule has 0 aliphatic carbocycles. The third-order valence-electron chi connectivity index (χ3n) is 2.50. The summed E-state index contributed by atoms with van der Waals surface area (Å²) in [5.41, 5.74) is 5.50. The molecular weight excluding hydrogens is 156 g/mol. The van der Waals surface area contributed by atoms with Gasteiger partial charge in [0, 0.05) is 0 Å². The van der Waals surface area contributed by atoms with E-state index in [-0.39, 0.29) is 0 Å². The van der Waals surface area contributed by atoms with E-state index < -0.39 is 0 Å². The summed E-state index contributed by atoms with van der Waals surface area (Å²) in [4.78, 5) is 0. The summed E-state index contributed by atoms with van der Waals surface area (Å²) in [7, 11) is 0. The number of hydrogen-bond donors (Lipinski definition) is 0. The first kappa shape index (κ1) is 10.0. The maximum Gasteiger partial charge on any atom is -0.0254 e. The van der Waals surface area contributed by atoms with Gasteiger partial charge in [-0.1, -0.05) is 36.8 Å². The van der Waals surface area contributed by atoms with Crippen molar-refractivity contribution in [1.82, 2.24) is 0 Å². The van der Waals surface area contributed by atoms with Crippen molar-refractivity contribution in [2.24, 2.45) is 0 Å². The van der Waals surface area contributed by atoms with E-state index in [1.54, 1.807) is 0 Å². The van der Waals surface area contributed by atoms with Gasteiger partial charge in [-0.2, -0.15) is 0 Å². The molecule has 0 N–H and O–H groups in total. The first-order valence-corrected chi connectivity index (χ1v) is 4.88. The van der Waals surface area contributed by atoms with Crippen LogP contribution in [0.4, 0.5) is 0 Å². The number of hydrogen-bond acceptors (Lipinski definition) is 0. The van der Waals surface area contributed by atoms with Gasteiger partial charge in [0.15, 0.2) is 0 Å². The fraction of sp³-hybridized carbons (Fsp3) is 0.385. The van der Waals surface area contributed by atoms with Crippen molar-refractivity contribution in [3.05, 3.63) is 40.5 Å². The number of aryl methyl sites for hydroxylation is 2. The van der Waals surface area contributed by atoms with E-state index in [0.29, 0.717) is 0 Å². The summed E-state index contributed by atoms with van der Waals surface area (Å²) in [6.45, 7) is 8.67. The molecule has 0 bridgehead atoms. The van der Waals surface area contributed by atoms with Crippen LogP contribution in [0.5, 0.6) is 0 Å². The quantitative estimate of drug-likeness (QED) is 0.632. The second kappa shape index (κ2) is 4.27. The standard InChI is InChI=1S/C13H18/c1-5-10(2)8-13-7-6-11(3)12(4)9-13/h6-9H,5H2,1-4H3. The topological polar surface area (TPSA) is 0 Å². The van der Waals surface area contributed by atoms with Crippen LogP contribution >= 0.6 is 0 Å². The lowest BCUT2D eigenvalue weighted by Crippen LogP contribution is -1.82. The van der Waals surface area contributed by atoms with Crippen LogP contribution < -0.4 is 0 Å². The molecule has 0 fully saturated rings. The monoisotopic (exact) mass is 174 g/mol. The maximum atomic E-state index is 2.26. The lowest BCUT2D eigenvalue weighted by Gasteiger charge is -2.02. The van der Waals surface area contributed by atoms with Crippen LogP contribution in [0, 0.1) is 13.8 Å². The zero-order chi connectivity index (χ0) is 9.84. The Balaban J connectivity index is 2.98. The molecule has 0 nitrogen and oxygen atoms in total. The Hall–Kier alpha value is -1.04. The van der Waals surface area contributed by atoms with Crippen molar-refractivity contribution in [2.45, 2.75) is 34.1 Å². The largest absolute Gasteiger partial charge is 0.0730 e. The first-order valence-electron chi connectivity index (χ1n) is 4.88. The number of benzene rings is 1. The van der Waals surface area contributed by atoms with Crippen molar-refractivity contribution < 1.29 is 0 Å². The van der Waals surface area contributed by atoms with Crippen LogP contribution in [-0.4, -0.2) is 0 Å². The van der Waals surface area contributed by atoms with Crippen molar-refractivity contribution >= 4 is 6.08 Å². The van der Waals surface area contributed by atoms with Gasteiger partial charge >= 0.3 is 0 Å². The Morgan fingerprint density at radius 3 is 2.46 bits per heavy atom. The van der Waals surface area contributed by atoms with Gasteiger partial charge in [-0.05, 0) is 43.9 Å². The van der Waals surface area contributed by atoms with E-state index in [4.69, 9.17) is 0 Å². The van der Waals surface area contributed by atoms with E-state index >= 15 is 0 Å². The summed E-state index contributed by atoms with van der Waals surface area (Å²) < 4.78 is 0. The van der Waals surface area contributed by atoms with Crippen LogP contribution in [0.3, 0.4) is 0 Å². The molecule has 70 valence electrons. The van der Waals surface area contributed by atoms with Crippen molar-refractivity contribution in [1.29, 1.82) is 0 Å². The summed E-state index contributed by atoms with van der Waals surface area (Å²) in [6.07, 6.45) is 3.39. The van der Waals surface area contributed by atoms with Crippen molar-refractivity contribution in [3.63, 3.8) is 0 Å². The highest BCUT2D eigenvalue weighted by Gasteiger charge is 1.93. The summed E-state index contributed by atoms with van der Waals surface area (Å²) in [5.74, 6) is 0. The minimum absolute atomic E-state index is 1.13. The predicted octanol–water partition coefficient (Wildman–Crippen LogP) is 4.12. The molecule has 0 heterocycles. The maximum absolute atomic E-state index is 2.26. The van der Waals surface area contributed by atoms with Gasteiger partial charge < -0.3 is 0 Å². The molecule has 0 amide bonds. The fourth-order valence-corrected chi connectivity index (χ4v) is 1.24. The molecule has 0 radical (unpaired) electrons. The van der Waals surface area contributed by atoms with E-state index in [1.165, 1.54) is 22.3 Å². The Bertz CT molecular complexity index is 319. The molecule has 0 spiro atoms. The third kappa shape index (κ3) is 2.73. The smallest absolute Gasteiger partial charge is 0.0254 e. The third-order valence-corrected chi connectivity index (χ3v) is 2.50. The van der Waals surface area contributed by atoms with Gasteiger partial charge in [-0.3, -0.25) is 0 Å². The molecule has 1 aromatic carbocycles. The van der Waals surface area contributed by atoms with Gasteiger partial charge in [0.1, 0.15) is 0 Å². The van der Waals surface area contributed by atoms with Gasteiger partial charge in [0.2, 0.25) is 0 Å². The van der Waals surface area contributed by atoms with E-state index in [9.17, 15) is 0 Å². The van der Waals surface area contributed by atoms with Crippen molar-refractivity contribution in [3.8, 4) is 0 Å². The second-order valence-electron chi connectivity index (χ2n) is 3.69. The molecule has 0 aromatic heterocycles. The summed E-state index contributed by atoms with van der Waals surface area (Å²) >= 11 is 0. The zero-order valence-electron chi connectivity index (χ0n) is 9.02. The molecule has 1 rings (SSSR count). The molecule has 0 aliphatic rings. The van der Waals surface area contributed by atoms with Gasteiger partial charge in [0.05, 0.1) is 0 Å². The molecular formula is C13H18. The minimum Gasteiger partial charge on any atom is -0.0730 e. The Labute approximate surface area is 81.3 Å². The Morgan fingerprint density at radius 2 is 1.92 bits per heavy atom. The lowest BCUT2D eigenvalue weighted by molar-refractivity contribution is 1.11. The molecule has 0 saturated heterocycles. The molecule has 13 heavy (non-hydrogen) atoms. The van der Waals surface area contributed by atoms with Crippen LogP contribution in [-0.2, 0) is 0 Å². The molecule has 1 aromatic rings. The highest BCUT2D eigenvalue weighted by atomic mass is 14.0. The molecule has 0 aliphatic heterocycles. The Kier molecular flexibility index (Phi) is 3.30. The molecule has 0 unspecified atom stereocenters. The lowest BCUT2D eigenvalue weighted by atomic mass is 10.0. The van der Waals surface area contributed by atoms with Gasteiger partial charge in [-0.15, -0.1) is 0 Å². The Morgan fingerprint density at radius 1 is 1.23 bits per heavy atom. The number of allylic oxidation sites excluding steroid dienone is 1.